The average Bonchev–Trinajstić information content (AvgIpc) is 2.30. The second-order valence-electron chi connectivity index (χ2n) is 3.74. The van der Waals surface area contributed by atoms with Crippen molar-refractivity contribution in [2.75, 3.05) is 13.7 Å². The summed E-state index contributed by atoms with van der Waals surface area (Å²) in [6, 6.07) is 7.32. The molecule has 0 radical (unpaired) electrons. The maximum atomic E-state index is 11.7. The van der Waals surface area contributed by atoms with Gasteiger partial charge >= 0.3 is 0 Å². The van der Waals surface area contributed by atoms with Gasteiger partial charge in [-0.15, -0.1) is 0 Å². The van der Waals surface area contributed by atoms with Crippen molar-refractivity contribution in [3.8, 4) is 0 Å². The summed E-state index contributed by atoms with van der Waals surface area (Å²) in [6.45, 7) is 2.87. The molecule has 4 heteroatoms. The minimum Gasteiger partial charge on any atom is -0.380 e. The summed E-state index contributed by atoms with van der Waals surface area (Å²) in [7, 11) is 1.64. The molecule has 4 nitrogen and oxygen atoms in total. The Morgan fingerprint density at radius 3 is 2.56 bits per heavy atom. The lowest BCUT2D eigenvalue weighted by atomic mass is 10.1. The van der Waals surface area contributed by atoms with Crippen LogP contribution in [0.1, 0.15) is 22.8 Å². The van der Waals surface area contributed by atoms with E-state index >= 15 is 0 Å². The van der Waals surface area contributed by atoms with E-state index in [-0.39, 0.29) is 11.9 Å². The number of benzene rings is 1. The average molecular weight is 222 g/mol. The van der Waals surface area contributed by atoms with Gasteiger partial charge in [-0.25, -0.2) is 0 Å². The van der Waals surface area contributed by atoms with Gasteiger partial charge in [0.1, 0.15) is 0 Å². The molecule has 0 saturated heterocycles. The van der Waals surface area contributed by atoms with Crippen molar-refractivity contribution in [2.45, 2.75) is 19.6 Å². The lowest BCUT2D eigenvalue weighted by Crippen LogP contribution is -2.37. The molecule has 0 bridgehead atoms. The summed E-state index contributed by atoms with van der Waals surface area (Å²) < 4.78 is 4.99. The zero-order valence-electron chi connectivity index (χ0n) is 9.69. The number of carbonyl (C=O) groups is 1. The van der Waals surface area contributed by atoms with Crippen LogP contribution in [0.5, 0.6) is 0 Å². The van der Waals surface area contributed by atoms with Crippen LogP contribution >= 0.6 is 0 Å². The minimum atomic E-state index is -0.0954. The maximum absolute atomic E-state index is 11.7. The number of rotatable bonds is 5. The SMILES string of the molecule is COCc1ccc(C(=O)N[C@@H](C)CN)cc1. The molecule has 0 fully saturated rings. The molecule has 16 heavy (non-hydrogen) atoms. The molecule has 1 amide bonds. The van der Waals surface area contributed by atoms with E-state index < -0.39 is 0 Å². The van der Waals surface area contributed by atoms with Gasteiger partial charge < -0.3 is 15.8 Å². The minimum absolute atomic E-state index is 0.00819. The molecule has 0 aliphatic heterocycles. The molecule has 1 atom stereocenters. The Morgan fingerprint density at radius 1 is 1.44 bits per heavy atom. The summed E-state index contributed by atoms with van der Waals surface area (Å²) in [5, 5.41) is 2.80. The van der Waals surface area contributed by atoms with Gasteiger partial charge in [-0.3, -0.25) is 4.79 Å². The van der Waals surface area contributed by atoms with Crippen molar-refractivity contribution < 1.29 is 9.53 Å². The number of nitrogens with one attached hydrogen (secondary N) is 1. The van der Waals surface area contributed by atoms with Crippen LogP contribution in [0.25, 0.3) is 0 Å². The molecule has 0 saturated carbocycles. The van der Waals surface area contributed by atoms with Crippen LogP contribution in [0.3, 0.4) is 0 Å². The summed E-state index contributed by atoms with van der Waals surface area (Å²) in [5.74, 6) is -0.0954. The first-order chi connectivity index (χ1) is 7.67. The first-order valence-corrected chi connectivity index (χ1v) is 5.26. The summed E-state index contributed by atoms with van der Waals surface area (Å²) in [5.41, 5.74) is 7.12. The number of nitrogens with two attached hydrogens (primary N) is 1. The van der Waals surface area contributed by atoms with Crippen LogP contribution in [0.4, 0.5) is 0 Å². The fourth-order valence-corrected chi connectivity index (χ4v) is 1.29. The Morgan fingerprint density at radius 2 is 2.06 bits per heavy atom. The molecule has 88 valence electrons. The van der Waals surface area contributed by atoms with Crippen molar-refractivity contribution in [3.63, 3.8) is 0 Å². The molecule has 0 aliphatic rings. The molecule has 1 rings (SSSR count). The van der Waals surface area contributed by atoms with Crippen molar-refractivity contribution in [2.24, 2.45) is 5.73 Å². The molecule has 0 aliphatic carbocycles. The smallest absolute Gasteiger partial charge is 0.251 e. The van der Waals surface area contributed by atoms with E-state index in [1.807, 2.05) is 19.1 Å². The van der Waals surface area contributed by atoms with Crippen LogP contribution < -0.4 is 11.1 Å². The Bertz CT molecular complexity index is 335. The molecule has 0 spiro atoms. The standard InChI is InChI=1S/C12H18N2O2/c1-9(7-13)14-12(15)11-5-3-10(4-6-11)8-16-2/h3-6,9H,7-8,13H2,1-2H3,(H,14,15)/t9-/m0/s1. The van der Waals surface area contributed by atoms with Gasteiger partial charge in [-0.1, -0.05) is 12.1 Å². The molecular formula is C12H18N2O2. The van der Waals surface area contributed by atoms with E-state index in [9.17, 15) is 4.79 Å². The maximum Gasteiger partial charge on any atom is 0.251 e. The van der Waals surface area contributed by atoms with Crippen LogP contribution in [0, 0.1) is 0 Å². The van der Waals surface area contributed by atoms with E-state index in [1.165, 1.54) is 0 Å². The van der Waals surface area contributed by atoms with Gasteiger partial charge in [0.2, 0.25) is 0 Å². The monoisotopic (exact) mass is 222 g/mol. The Kier molecular flexibility index (Phi) is 4.95. The number of methoxy groups -OCH3 is 1. The van der Waals surface area contributed by atoms with Gasteiger partial charge in [-0.2, -0.15) is 0 Å². The lowest BCUT2D eigenvalue weighted by molar-refractivity contribution is 0.0941. The van der Waals surface area contributed by atoms with Crippen molar-refractivity contribution >= 4 is 5.91 Å². The normalized spacial score (nSPS) is 12.2. The molecular weight excluding hydrogens is 204 g/mol. The largest absolute Gasteiger partial charge is 0.380 e. The van der Waals surface area contributed by atoms with Gasteiger partial charge in [0.15, 0.2) is 0 Å². The van der Waals surface area contributed by atoms with Gasteiger partial charge in [0.05, 0.1) is 6.61 Å². The third-order valence-electron chi connectivity index (χ3n) is 2.26. The fourth-order valence-electron chi connectivity index (χ4n) is 1.29. The summed E-state index contributed by atoms with van der Waals surface area (Å²) in [4.78, 5) is 11.7. The Hall–Kier alpha value is -1.39. The summed E-state index contributed by atoms with van der Waals surface area (Å²) >= 11 is 0. The number of hydrogen-bond acceptors (Lipinski definition) is 3. The highest BCUT2D eigenvalue weighted by Gasteiger charge is 2.07. The van der Waals surface area contributed by atoms with Gasteiger partial charge in [0, 0.05) is 25.3 Å². The highest BCUT2D eigenvalue weighted by atomic mass is 16.5. The second-order valence-corrected chi connectivity index (χ2v) is 3.74. The Labute approximate surface area is 95.8 Å². The topological polar surface area (TPSA) is 64.3 Å². The van der Waals surface area contributed by atoms with E-state index in [2.05, 4.69) is 5.32 Å². The van der Waals surface area contributed by atoms with Crippen molar-refractivity contribution in [1.29, 1.82) is 0 Å². The zero-order chi connectivity index (χ0) is 12.0. The predicted octanol–water partition coefficient (Wildman–Crippen LogP) is 0.910. The number of carbonyl (C=O) groups excluding carboxylic acids is 1. The Balaban J connectivity index is 2.63. The first kappa shape index (κ1) is 12.7. The molecule has 0 aromatic heterocycles. The highest BCUT2D eigenvalue weighted by Crippen LogP contribution is 2.05. The van der Waals surface area contributed by atoms with Gasteiger partial charge in [0.25, 0.3) is 5.91 Å². The third-order valence-corrected chi connectivity index (χ3v) is 2.26. The van der Waals surface area contributed by atoms with E-state index in [4.69, 9.17) is 10.5 Å². The predicted molar refractivity (Wildman–Crippen MR) is 63.1 cm³/mol. The van der Waals surface area contributed by atoms with Crippen LogP contribution in [0.2, 0.25) is 0 Å². The van der Waals surface area contributed by atoms with Crippen LogP contribution in [-0.4, -0.2) is 25.6 Å². The quantitative estimate of drug-likeness (QED) is 0.778. The summed E-state index contributed by atoms with van der Waals surface area (Å²) in [6.07, 6.45) is 0. The number of ether oxygens (including phenoxy) is 1. The second kappa shape index (κ2) is 6.25. The molecule has 0 unspecified atom stereocenters. The molecule has 0 heterocycles. The third kappa shape index (κ3) is 3.64. The van der Waals surface area contributed by atoms with Crippen LogP contribution in [-0.2, 0) is 11.3 Å². The zero-order valence-corrected chi connectivity index (χ0v) is 9.69. The highest BCUT2D eigenvalue weighted by molar-refractivity contribution is 5.94. The van der Waals surface area contributed by atoms with E-state index in [0.717, 1.165) is 5.56 Å². The first-order valence-electron chi connectivity index (χ1n) is 5.26. The van der Waals surface area contributed by atoms with Gasteiger partial charge in [-0.05, 0) is 24.6 Å². The van der Waals surface area contributed by atoms with Crippen LogP contribution in [0.15, 0.2) is 24.3 Å². The molecule has 1 aromatic carbocycles. The van der Waals surface area contributed by atoms with E-state index in [0.29, 0.717) is 18.7 Å². The number of hydrogen-bond donors (Lipinski definition) is 2. The lowest BCUT2D eigenvalue weighted by Gasteiger charge is -2.11. The number of amides is 1. The fraction of sp³-hybridized carbons (Fsp3) is 0.417. The molecule has 3 N–H and O–H groups in total. The molecule has 1 aromatic rings. The van der Waals surface area contributed by atoms with Crippen molar-refractivity contribution in [1.82, 2.24) is 5.32 Å². The van der Waals surface area contributed by atoms with E-state index in [1.54, 1.807) is 19.2 Å². The van der Waals surface area contributed by atoms with Crippen molar-refractivity contribution in [3.05, 3.63) is 35.4 Å².